The van der Waals surface area contributed by atoms with Gasteiger partial charge in [-0.2, -0.15) is 5.26 Å². The molecule has 0 unspecified atom stereocenters. The van der Waals surface area contributed by atoms with E-state index in [1.165, 1.54) is 30.0 Å². The van der Waals surface area contributed by atoms with Crippen LogP contribution in [0.1, 0.15) is 58.9 Å². The van der Waals surface area contributed by atoms with Gasteiger partial charge in [0.2, 0.25) is 0 Å². The van der Waals surface area contributed by atoms with Crippen molar-refractivity contribution >= 4 is 35.1 Å². The number of rotatable bonds is 7. The van der Waals surface area contributed by atoms with Crippen LogP contribution in [-0.4, -0.2) is 34.2 Å². The van der Waals surface area contributed by atoms with Gasteiger partial charge in [0.1, 0.15) is 17.5 Å². The molecule has 1 saturated carbocycles. The molecule has 1 amide bonds. The lowest BCUT2D eigenvalue weighted by atomic mass is 10.2. The Labute approximate surface area is 189 Å². The van der Waals surface area contributed by atoms with Crippen molar-refractivity contribution in [2.75, 3.05) is 18.2 Å². The predicted molar refractivity (Wildman–Crippen MR) is 120 cm³/mol. The van der Waals surface area contributed by atoms with Crippen LogP contribution in [0.3, 0.4) is 0 Å². The van der Waals surface area contributed by atoms with Crippen LogP contribution in [0.15, 0.2) is 23.1 Å². The molecule has 0 atom stereocenters. The summed E-state index contributed by atoms with van der Waals surface area (Å²) in [6, 6.07) is 6.50. The maximum absolute atomic E-state index is 12.6. The fourth-order valence-corrected chi connectivity index (χ4v) is 4.49. The van der Waals surface area contributed by atoms with Gasteiger partial charge in [0.15, 0.2) is 6.61 Å². The van der Waals surface area contributed by atoms with Gasteiger partial charge in [-0.15, -0.1) is 11.8 Å². The summed E-state index contributed by atoms with van der Waals surface area (Å²) in [5.41, 5.74) is 1.51. The number of amides is 1. The molecule has 32 heavy (non-hydrogen) atoms. The monoisotopic (exact) mass is 456 g/mol. The molecule has 0 spiro atoms. The lowest BCUT2D eigenvalue weighted by molar-refractivity contribution is -0.385. The first kappa shape index (κ1) is 23.3. The van der Waals surface area contributed by atoms with Crippen LogP contribution in [0.2, 0.25) is 0 Å². The predicted octanol–water partition coefficient (Wildman–Crippen LogP) is 4.52. The van der Waals surface area contributed by atoms with Crippen molar-refractivity contribution in [3.8, 4) is 6.07 Å². The highest BCUT2D eigenvalue weighted by atomic mass is 32.2. The molecule has 1 N–H and O–H groups in total. The van der Waals surface area contributed by atoms with Crippen LogP contribution >= 0.6 is 11.8 Å². The summed E-state index contributed by atoms with van der Waals surface area (Å²) in [6.45, 7) is 3.13. The van der Waals surface area contributed by atoms with Crippen LogP contribution < -0.4 is 5.32 Å². The highest BCUT2D eigenvalue weighted by Gasteiger charge is 2.27. The van der Waals surface area contributed by atoms with E-state index in [9.17, 15) is 25.0 Å². The second-order valence-corrected chi connectivity index (χ2v) is 8.50. The number of anilines is 1. The summed E-state index contributed by atoms with van der Waals surface area (Å²) in [4.78, 5) is 36.3. The molecule has 1 aliphatic rings. The Morgan fingerprint density at radius 2 is 2.03 bits per heavy atom. The van der Waals surface area contributed by atoms with E-state index in [0.717, 1.165) is 36.9 Å². The molecular weight excluding hydrogens is 432 g/mol. The SMILES string of the molecule is CSc1ccc([N+](=O)[O-])c(C(=O)OCC(=O)Nc2c(C#N)c(C)c(C)n2C2CCCC2)c1. The molecule has 1 fully saturated rings. The van der Waals surface area contributed by atoms with Crippen LogP contribution in [0, 0.1) is 35.3 Å². The topological polar surface area (TPSA) is 127 Å². The number of benzene rings is 1. The molecule has 168 valence electrons. The Bertz CT molecular complexity index is 1110. The van der Waals surface area contributed by atoms with Gasteiger partial charge in [-0.1, -0.05) is 12.8 Å². The van der Waals surface area contributed by atoms with E-state index in [1.54, 1.807) is 6.26 Å². The van der Waals surface area contributed by atoms with E-state index in [1.807, 2.05) is 18.4 Å². The number of nitro groups is 1. The Kier molecular flexibility index (Phi) is 7.20. The standard InChI is InChI=1S/C22H24N4O5S/c1-13-14(2)25(15-6-4-5-7-15)21(18(13)11-23)24-20(27)12-31-22(28)17-10-16(32-3)8-9-19(17)26(29)30/h8-10,15H,4-7,12H2,1-3H3,(H,24,27). The number of hydrogen-bond acceptors (Lipinski definition) is 7. The van der Waals surface area contributed by atoms with E-state index in [4.69, 9.17) is 4.74 Å². The number of carbonyl (C=O) groups excluding carboxylic acids is 2. The van der Waals surface area contributed by atoms with Crippen molar-refractivity contribution in [1.29, 1.82) is 5.26 Å². The Morgan fingerprint density at radius 3 is 2.62 bits per heavy atom. The number of carbonyl (C=O) groups is 2. The second kappa shape index (κ2) is 9.87. The minimum absolute atomic E-state index is 0.200. The number of hydrogen-bond donors (Lipinski definition) is 1. The summed E-state index contributed by atoms with van der Waals surface area (Å²) in [5, 5.41) is 23.6. The Morgan fingerprint density at radius 1 is 1.34 bits per heavy atom. The first-order valence-corrected chi connectivity index (χ1v) is 11.4. The van der Waals surface area contributed by atoms with Crippen LogP contribution in [-0.2, 0) is 9.53 Å². The lowest BCUT2D eigenvalue weighted by Gasteiger charge is -2.19. The van der Waals surface area contributed by atoms with Crippen LogP contribution in [0.4, 0.5) is 11.5 Å². The summed E-state index contributed by atoms with van der Waals surface area (Å²) >= 11 is 1.33. The van der Waals surface area contributed by atoms with Gasteiger partial charge in [0.05, 0.1) is 10.5 Å². The minimum atomic E-state index is -0.957. The number of nitrogens with one attached hydrogen (secondary N) is 1. The summed E-state index contributed by atoms with van der Waals surface area (Å²) in [7, 11) is 0. The number of aromatic nitrogens is 1. The zero-order chi connectivity index (χ0) is 23.4. The highest BCUT2D eigenvalue weighted by Crippen LogP contribution is 2.37. The fraction of sp³-hybridized carbons (Fsp3) is 0.409. The largest absolute Gasteiger partial charge is 0.452 e. The number of esters is 1. The van der Waals surface area contributed by atoms with Gasteiger partial charge < -0.3 is 14.6 Å². The van der Waals surface area contributed by atoms with Gasteiger partial charge in [0, 0.05) is 22.7 Å². The third-order valence-corrected chi connectivity index (χ3v) is 6.50. The fourth-order valence-electron chi connectivity index (χ4n) is 4.05. The zero-order valence-corrected chi connectivity index (χ0v) is 19.0. The molecule has 1 aromatic heterocycles. The molecule has 0 saturated heterocycles. The van der Waals surface area contributed by atoms with Gasteiger partial charge in [0.25, 0.3) is 11.6 Å². The Hall–Kier alpha value is -3.32. The zero-order valence-electron chi connectivity index (χ0n) is 18.1. The molecule has 10 heteroatoms. The van der Waals surface area contributed by atoms with Gasteiger partial charge >= 0.3 is 5.97 Å². The molecular formula is C22H24N4O5S. The highest BCUT2D eigenvalue weighted by molar-refractivity contribution is 7.98. The third-order valence-electron chi connectivity index (χ3n) is 5.77. The normalized spacial score (nSPS) is 13.6. The van der Waals surface area contributed by atoms with Gasteiger partial charge in [-0.25, -0.2) is 4.79 Å². The Balaban J connectivity index is 1.78. The number of nitro benzene ring substituents is 1. The van der Waals surface area contributed by atoms with Crippen molar-refractivity contribution in [2.24, 2.45) is 0 Å². The summed E-state index contributed by atoms with van der Waals surface area (Å²) < 4.78 is 7.06. The molecule has 0 radical (unpaired) electrons. The van der Waals surface area contributed by atoms with E-state index in [0.29, 0.717) is 16.3 Å². The molecule has 9 nitrogen and oxygen atoms in total. The van der Waals surface area contributed by atoms with Crippen molar-refractivity contribution in [1.82, 2.24) is 4.57 Å². The molecule has 3 rings (SSSR count). The molecule has 0 aliphatic heterocycles. The van der Waals surface area contributed by atoms with E-state index in [-0.39, 0.29) is 17.3 Å². The van der Waals surface area contributed by atoms with Crippen molar-refractivity contribution < 1.29 is 19.2 Å². The lowest BCUT2D eigenvalue weighted by Crippen LogP contribution is -2.24. The summed E-state index contributed by atoms with van der Waals surface area (Å²) in [6.07, 6.45) is 5.88. The van der Waals surface area contributed by atoms with E-state index < -0.39 is 23.4 Å². The van der Waals surface area contributed by atoms with E-state index in [2.05, 4.69) is 11.4 Å². The van der Waals surface area contributed by atoms with E-state index >= 15 is 0 Å². The first-order chi connectivity index (χ1) is 15.3. The molecule has 1 aliphatic carbocycles. The average molecular weight is 457 g/mol. The third kappa shape index (κ3) is 4.62. The number of nitrogens with zero attached hydrogens (tertiary/aromatic N) is 3. The number of nitriles is 1. The van der Waals surface area contributed by atoms with Crippen molar-refractivity contribution in [2.45, 2.75) is 50.5 Å². The van der Waals surface area contributed by atoms with Gasteiger partial charge in [-0.05, 0) is 50.6 Å². The number of thioether (sulfide) groups is 1. The molecule has 2 aromatic rings. The van der Waals surface area contributed by atoms with Crippen LogP contribution in [0.5, 0.6) is 0 Å². The average Bonchev–Trinajstić information content (AvgIpc) is 3.38. The smallest absolute Gasteiger partial charge is 0.345 e. The van der Waals surface area contributed by atoms with Gasteiger partial charge in [-0.3, -0.25) is 14.9 Å². The number of ether oxygens (including phenoxy) is 1. The quantitative estimate of drug-likeness (QED) is 0.281. The second-order valence-electron chi connectivity index (χ2n) is 7.62. The maximum Gasteiger partial charge on any atom is 0.345 e. The minimum Gasteiger partial charge on any atom is -0.452 e. The molecule has 1 aromatic carbocycles. The summed E-state index contributed by atoms with van der Waals surface area (Å²) in [5.74, 6) is -1.16. The van der Waals surface area contributed by atoms with Crippen LogP contribution in [0.25, 0.3) is 0 Å². The molecule has 1 heterocycles. The van der Waals surface area contributed by atoms with Crippen molar-refractivity contribution in [3.63, 3.8) is 0 Å². The molecule has 0 bridgehead atoms. The maximum atomic E-state index is 12.6. The van der Waals surface area contributed by atoms with Crippen molar-refractivity contribution in [3.05, 3.63) is 50.7 Å². The first-order valence-electron chi connectivity index (χ1n) is 10.2.